The lowest BCUT2D eigenvalue weighted by Crippen LogP contribution is -2.35. The fourth-order valence-corrected chi connectivity index (χ4v) is 1.51. The molecule has 1 rings (SSSR count). The van der Waals surface area contributed by atoms with Crippen molar-refractivity contribution in [2.75, 3.05) is 20.1 Å². The zero-order valence-electron chi connectivity index (χ0n) is 11.1. The SMILES string of the molecule is C#CCNCC(=O)N(C)Cc1ccc(OC(F)F)cc1. The lowest BCUT2D eigenvalue weighted by Gasteiger charge is -2.17. The van der Waals surface area contributed by atoms with Gasteiger partial charge in [0.2, 0.25) is 5.91 Å². The van der Waals surface area contributed by atoms with Gasteiger partial charge in [0.1, 0.15) is 5.75 Å². The third-order valence-electron chi connectivity index (χ3n) is 2.50. The van der Waals surface area contributed by atoms with Crippen molar-refractivity contribution in [1.82, 2.24) is 10.2 Å². The molecule has 6 heteroatoms. The van der Waals surface area contributed by atoms with Crippen LogP contribution in [-0.4, -0.2) is 37.6 Å². The van der Waals surface area contributed by atoms with Gasteiger partial charge in [0.05, 0.1) is 13.1 Å². The minimum Gasteiger partial charge on any atom is -0.435 e. The number of hydrogen-bond acceptors (Lipinski definition) is 3. The molecule has 20 heavy (non-hydrogen) atoms. The molecule has 1 aromatic carbocycles. The van der Waals surface area contributed by atoms with Gasteiger partial charge in [-0.2, -0.15) is 8.78 Å². The molecular formula is C14H16F2N2O2. The van der Waals surface area contributed by atoms with E-state index in [-0.39, 0.29) is 18.2 Å². The first-order chi connectivity index (χ1) is 9.52. The second kappa shape index (κ2) is 8.12. The Kier molecular flexibility index (Phi) is 6.47. The van der Waals surface area contributed by atoms with E-state index in [4.69, 9.17) is 6.42 Å². The van der Waals surface area contributed by atoms with E-state index in [9.17, 15) is 13.6 Å². The van der Waals surface area contributed by atoms with Crippen LogP contribution in [0.2, 0.25) is 0 Å². The van der Waals surface area contributed by atoms with Gasteiger partial charge in [-0.25, -0.2) is 0 Å². The van der Waals surface area contributed by atoms with Gasteiger partial charge >= 0.3 is 6.61 Å². The van der Waals surface area contributed by atoms with Crippen LogP contribution in [0.3, 0.4) is 0 Å². The van der Waals surface area contributed by atoms with Crippen LogP contribution < -0.4 is 10.1 Å². The van der Waals surface area contributed by atoms with Gasteiger partial charge in [-0.1, -0.05) is 18.1 Å². The number of terminal acetylenes is 1. The largest absolute Gasteiger partial charge is 0.435 e. The van der Waals surface area contributed by atoms with Crippen molar-refractivity contribution in [3.8, 4) is 18.1 Å². The van der Waals surface area contributed by atoms with Crippen LogP contribution in [0.5, 0.6) is 5.75 Å². The molecule has 0 saturated heterocycles. The summed E-state index contributed by atoms with van der Waals surface area (Å²) in [7, 11) is 1.66. The molecule has 0 saturated carbocycles. The summed E-state index contributed by atoms with van der Waals surface area (Å²) in [5.41, 5.74) is 0.819. The summed E-state index contributed by atoms with van der Waals surface area (Å²) in [6.45, 7) is -1.97. The van der Waals surface area contributed by atoms with E-state index in [1.807, 2.05) is 0 Å². The van der Waals surface area contributed by atoms with E-state index >= 15 is 0 Å². The number of hydrogen-bond donors (Lipinski definition) is 1. The Morgan fingerprint density at radius 3 is 2.65 bits per heavy atom. The topological polar surface area (TPSA) is 41.6 Å². The standard InChI is InChI=1S/C14H16F2N2O2/c1-3-8-17-9-13(19)18(2)10-11-4-6-12(7-5-11)20-14(15)16/h1,4-7,14,17H,8-10H2,2H3. The van der Waals surface area contributed by atoms with Gasteiger partial charge in [0.15, 0.2) is 0 Å². The molecule has 108 valence electrons. The zero-order chi connectivity index (χ0) is 15.0. The molecule has 0 heterocycles. The first kappa shape index (κ1) is 15.9. The van der Waals surface area contributed by atoms with Crippen molar-refractivity contribution in [3.63, 3.8) is 0 Å². The smallest absolute Gasteiger partial charge is 0.387 e. The summed E-state index contributed by atoms with van der Waals surface area (Å²) >= 11 is 0. The first-order valence-corrected chi connectivity index (χ1v) is 5.95. The lowest BCUT2D eigenvalue weighted by molar-refractivity contribution is -0.129. The number of likely N-dealkylation sites (N-methyl/N-ethyl adjacent to an activating group) is 1. The minimum absolute atomic E-state index is 0.0911. The highest BCUT2D eigenvalue weighted by molar-refractivity contribution is 5.78. The summed E-state index contributed by atoms with van der Waals surface area (Å²) in [6.07, 6.45) is 5.06. The maximum Gasteiger partial charge on any atom is 0.387 e. The number of carbonyl (C=O) groups is 1. The quantitative estimate of drug-likeness (QED) is 0.608. The van der Waals surface area contributed by atoms with Gasteiger partial charge in [-0.3, -0.25) is 10.1 Å². The summed E-state index contributed by atoms with van der Waals surface area (Å²) in [5, 5.41) is 2.80. The molecule has 1 N–H and O–H groups in total. The highest BCUT2D eigenvalue weighted by Crippen LogP contribution is 2.15. The molecule has 0 unspecified atom stereocenters. The van der Waals surface area contributed by atoms with Crippen LogP contribution in [0.4, 0.5) is 8.78 Å². The number of benzene rings is 1. The molecule has 1 amide bonds. The third-order valence-corrected chi connectivity index (χ3v) is 2.50. The summed E-state index contributed by atoms with van der Waals surface area (Å²) < 4.78 is 28.2. The van der Waals surface area contributed by atoms with E-state index < -0.39 is 6.61 Å². The highest BCUT2D eigenvalue weighted by Gasteiger charge is 2.09. The Labute approximate surface area is 116 Å². The summed E-state index contributed by atoms with van der Waals surface area (Å²) in [5.74, 6) is 2.36. The molecule has 0 fully saturated rings. The van der Waals surface area contributed by atoms with Crippen LogP contribution in [0.1, 0.15) is 5.56 Å². The maximum absolute atomic E-state index is 12.0. The summed E-state index contributed by atoms with van der Waals surface area (Å²) in [6, 6.07) is 6.15. The average Bonchev–Trinajstić information content (AvgIpc) is 2.40. The number of nitrogens with zero attached hydrogens (tertiary/aromatic N) is 1. The van der Waals surface area contributed by atoms with Crippen molar-refractivity contribution in [2.24, 2.45) is 0 Å². The van der Waals surface area contributed by atoms with Crippen molar-refractivity contribution >= 4 is 5.91 Å². The van der Waals surface area contributed by atoms with Crippen LogP contribution in [0.15, 0.2) is 24.3 Å². The fraction of sp³-hybridized carbons (Fsp3) is 0.357. The number of halogens is 2. The number of alkyl halides is 2. The van der Waals surface area contributed by atoms with E-state index in [1.54, 1.807) is 19.2 Å². The number of carbonyl (C=O) groups excluding carboxylic acids is 1. The van der Waals surface area contributed by atoms with Crippen molar-refractivity contribution in [3.05, 3.63) is 29.8 Å². The van der Waals surface area contributed by atoms with E-state index in [0.717, 1.165) is 5.56 Å². The molecule has 0 aromatic heterocycles. The van der Waals surface area contributed by atoms with Crippen molar-refractivity contribution in [1.29, 1.82) is 0 Å². The van der Waals surface area contributed by atoms with Gasteiger partial charge in [-0.15, -0.1) is 6.42 Å². The second-order valence-electron chi connectivity index (χ2n) is 4.08. The Hall–Kier alpha value is -2.13. The average molecular weight is 282 g/mol. The first-order valence-electron chi connectivity index (χ1n) is 5.95. The van der Waals surface area contributed by atoms with Crippen LogP contribution in [-0.2, 0) is 11.3 Å². The zero-order valence-corrected chi connectivity index (χ0v) is 11.1. The number of ether oxygens (including phenoxy) is 1. The van der Waals surface area contributed by atoms with Gasteiger partial charge < -0.3 is 9.64 Å². The summed E-state index contributed by atoms with van der Waals surface area (Å²) in [4.78, 5) is 13.2. The predicted octanol–water partition coefficient (Wildman–Crippen LogP) is 1.47. The number of nitrogens with one attached hydrogen (secondary N) is 1. The van der Waals surface area contributed by atoms with Crippen LogP contribution in [0.25, 0.3) is 0 Å². The second-order valence-corrected chi connectivity index (χ2v) is 4.08. The Bertz CT molecular complexity index is 469. The molecule has 0 bridgehead atoms. The Morgan fingerprint density at radius 1 is 1.45 bits per heavy atom. The van der Waals surface area contributed by atoms with E-state index in [0.29, 0.717) is 13.1 Å². The molecular weight excluding hydrogens is 266 g/mol. The minimum atomic E-state index is -2.84. The van der Waals surface area contributed by atoms with Gasteiger partial charge in [-0.05, 0) is 17.7 Å². The molecule has 0 aliphatic carbocycles. The van der Waals surface area contributed by atoms with E-state index in [1.165, 1.54) is 17.0 Å². The molecule has 0 spiro atoms. The normalized spacial score (nSPS) is 10.2. The highest BCUT2D eigenvalue weighted by atomic mass is 19.3. The van der Waals surface area contributed by atoms with Crippen LogP contribution >= 0.6 is 0 Å². The third kappa shape index (κ3) is 5.67. The Balaban J connectivity index is 2.47. The maximum atomic E-state index is 12.0. The van der Waals surface area contributed by atoms with E-state index in [2.05, 4.69) is 16.0 Å². The molecule has 4 nitrogen and oxygen atoms in total. The molecule has 0 atom stereocenters. The number of amides is 1. The molecule has 1 aromatic rings. The lowest BCUT2D eigenvalue weighted by atomic mass is 10.2. The molecule has 0 radical (unpaired) electrons. The molecule has 0 aliphatic heterocycles. The van der Waals surface area contributed by atoms with Gasteiger partial charge in [0, 0.05) is 13.6 Å². The van der Waals surface area contributed by atoms with Crippen molar-refractivity contribution in [2.45, 2.75) is 13.2 Å². The monoisotopic (exact) mass is 282 g/mol. The van der Waals surface area contributed by atoms with Gasteiger partial charge in [0.25, 0.3) is 0 Å². The molecule has 0 aliphatic rings. The predicted molar refractivity (Wildman–Crippen MR) is 71.3 cm³/mol. The van der Waals surface area contributed by atoms with Crippen molar-refractivity contribution < 1.29 is 18.3 Å². The Morgan fingerprint density at radius 2 is 2.10 bits per heavy atom. The fourth-order valence-electron chi connectivity index (χ4n) is 1.51. The van der Waals surface area contributed by atoms with Crippen LogP contribution in [0, 0.1) is 12.3 Å². The number of rotatable bonds is 7.